The van der Waals surface area contributed by atoms with Crippen molar-refractivity contribution in [3.05, 3.63) is 23.3 Å². The first kappa shape index (κ1) is 20.2. The number of carbonyl (C=O) groups is 2. The summed E-state index contributed by atoms with van der Waals surface area (Å²) in [6.07, 6.45) is 4.08. The predicted octanol–water partition coefficient (Wildman–Crippen LogP) is 1.78. The van der Waals surface area contributed by atoms with Crippen LogP contribution >= 0.6 is 0 Å². The third kappa shape index (κ3) is 4.48. The number of fused-ring (bicyclic) bond motifs is 1. The van der Waals surface area contributed by atoms with Crippen LogP contribution in [0.1, 0.15) is 50.1 Å². The molecule has 2 amide bonds. The highest BCUT2D eigenvalue weighted by molar-refractivity contribution is 5.78. The molecule has 1 saturated heterocycles. The summed E-state index contributed by atoms with van der Waals surface area (Å²) in [7, 11) is 0. The molecule has 0 aromatic carbocycles. The van der Waals surface area contributed by atoms with Crippen LogP contribution in [0.4, 0.5) is 0 Å². The number of carbonyl (C=O) groups excluding carboxylic acids is 2. The van der Waals surface area contributed by atoms with Gasteiger partial charge in [0, 0.05) is 50.4 Å². The van der Waals surface area contributed by atoms with E-state index in [0.717, 1.165) is 23.4 Å². The van der Waals surface area contributed by atoms with Gasteiger partial charge >= 0.3 is 0 Å². The molecule has 1 fully saturated rings. The van der Waals surface area contributed by atoms with Crippen LogP contribution in [-0.2, 0) is 16.0 Å². The highest BCUT2D eigenvalue weighted by atomic mass is 16.2. The first-order chi connectivity index (χ1) is 13.4. The summed E-state index contributed by atoms with van der Waals surface area (Å²) in [6.45, 7) is 10.7. The molecule has 0 unspecified atom stereocenters. The van der Waals surface area contributed by atoms with Gasteiger partial charge in [-0.05, 0) is 38.2 Å². The maximum absolute atomic E-state index is 12.7. The summed E-state index contributed by atoms with van der Waals surface area (Å²) in [6, 6.07) is 0. The number of aromatic nitrogens is 4. The first-order valence-corrected chi connectivity index (χ1v) is 10.1. The molecule has 8 heteroatoms. The van der Waals surface area contributed by atoms with Crippen molar-refractivity contribution in [1.82, 2.24) is 29.4 Å². The normalized spacial score (nSPS) is 14.9. The highest BCUT2D eigenvalue weighted by Gasteiger charge is 2.24. The Hall–Kier alpha value is -2.51. The topological polar surface area (TPSA) is 83.7 Å². The van der Waals surface area contributed by atoms with Crippen LogP contribution in [0.5, 0.6) is 0 Å². The van der Waals surface area contributed by atoms with Crippen molar-refractivity contribution in [3.8, 4) is 0 Å². The van der Waals surface area contributed by atoms with Crippen molar-refractivity contribution in [3.63, 3.8) is 0 Å². The van der Waals surface area contributed by atoms with E-state index < -0.39 is 0 Å². The van der Waals surface area contributed by atoms with Gasteiger partial charge in [0.05, 0.1) is 0 Å². The summed E-state index contributed by atoms with van der Waals surface area (Å²) < 4.78 is 1.72. The zero-order valence-electron chi connectivity index (χ0n) is 17.3. The zero-order valence-corrected chi connectivity index (χ0v) is 17.3. The maximum Gasteiger partial charge on any atom is 0.252 e. The smallest absolute Gasteiger partial charge is 0.252 e. The fourth-order valence-electron chi connectivity index (χ4n) is 3.68. The van der Waals surface area contributed by atoms with E-state index >= 15 is 0 Å². The van der Waals surface area contributed by atoms with E-state index in [4.69, 9.17) is 0 Å². The van der Waals surface area contributed by atoms with Gasteiger partial charge < -0.3 is 9.80 Å². The van der Waals surface area contributed by atoms with Crippen molar-refractivity contribution in [2.45, 2.75) is 53.4 Å². The standard InChI is InChI=1S/C20H30N6O2/c1-14(2)5-7-18(27)24-9-11-25(12-10-24)19(28)8-6-17-15(3)23-20-21-13-22-26(20)16(17)4/h13-14H,5-12H2,1-4H3. The third-order valence-corrected chi connectivity index (χ3v) is 5.50. The molecule has 0 atom stereocenters. The zero-order chi connectivity index (χ0) is 20.3. The first-order valence-electron chi connectivity index (χ1n) is 10.1. The summed E-state index contributed by atoms with van der Waals surface area (Å²) in [5.41, 5.74) is 2.92. The number of amides is 2. The lowest BCUT2D eigenvalue weighted by atomic mass is 10.1. The van der Waals surface area contributed by atoms with Crippen molar-refractivity contribution in [1.29, 1.82) is 0 Å². The van der Waals surface area contributed by atoms with Crippen molar-refractivity contribution in [2.24, 2.45) is 5.92 Å². The molecule has 28 heavy (non-hydrogen) atoms. The fraction of sp³-hybridized carbons (Fsp3) is 0.650. The number of rotatable bonds is 6. The summed E-state index contributed by atoms with van der Waals surface area (Å²) in [5, 5.41) is 4.20. The molecular weight excluding hydrogens is 356 g/mol. The van der Waals surface area contributed by atoms with E-state index in [-0.39, 0.29) is 11.8 Å². The Morgan fingerprint density at radius 2 is 1.64 bits per heavy atom. The van der Waals surface area contributed by atoms with E-state index in [1.807, 2.05) is 23.6 Å². The minimum absolute atomic E-state index is 0.131. The van der Waals surface area contributed by atoms with Crippen LogP contribution in [0.25, 0.3) is 5.78 Å². The fourth-order valence-corrected chi connectivity index (χ4v) is 3.68. The second kappa shape index (κ2) is 8.67. The van der Waals surface area contributed by atoms with Gasteiger partial charge in [-0.15, -0.1) is 0 Å². The maximum atomic E-state index is 12.7. The van der Waals surface area contributed by atoms with Crippen molar-refractivity contribution < 1.29 is 9.59 Å². The number of piperazine rings is 1. The molecule has 3 heterocycles. The molecular formula is C20H30N6O2. The second-order valence-electron chi connectivity index (χ2n) is 7.93. The number of nitrogens with zero attached hydrogens (tertiary/aromatic N) is 6. The summed E-state index contributed by atoms with van der Waals surface area (Å²) >= 11 is 0. The minimum Gasteiger partial charge on any atom is -0.339 e. The second-order valence-corrected chi connectivity index (χ2v) is 7.93. The monoisotopic (exact) mass is 386 g/mol. The summed E-state index contributed by atoms with van der Waals surface area (Å²) in [4.78, 5) is 37.3. The molecule has 2 aromatic heterocycles. The van der Waals surface area contributed by atoms with Crippen LogP contribution in [0.3, 0.4) is 0 Å². The van der Waals surface area contributed by atoms with Crippen LogP contribution in [0.2, 0.25) is 0 Å². The van der Waals surface area contributed by atoms with Gasteiger partial charge in [0.2, 0.25) is 11.8 Å². The summed E-state index contributed by atoms with van der Waals surface area (Å²) in [5.74, 6) is 1.46. The van der Waals surface area contributed by atoms with E-state index in [1.165, 1.54) is 6.33 Å². The Morgan fingerprint density at radius 3 is 2.25 bits per heavy atom. The number of hydrogen-bond donors (Lipinski definition) is 0. The van der Waals surface area contributed by atoms with E-state index in [1.54, 1.807) is 4.52 Å². The molecule has 0 aliphatic carbocycles. The lowest BCUT2D eigenvalue weighted by Gasteiger charge is -2.35. The molecule has 0 saturated carbocycles. The SMILES string of the molecule is Cc1nc2ncnn2c(C)c1CCC(=O)N1CCN(C(=O)CCC(C)C)CC1. The molecule has 3 rings (SSSR count). The number of hydrogen-bond acceptors (Lipinski definition) is 5. The van der Waals surface area contributed by atoms with E-state index in [0.29, 0.717) is 57.1 Å². The molecule has 0 N–H and O–H groups in total. The van der Waals surface area contributed by atoms with Crippen LogP contribution in [-0.4, -0.2) is 67.4 Å². The molecule has 8 nitrogen and oxygen atoms in total. The third-order valence-electron chi connectivity index (χ3n) is 5.50. The average molecular weight is 387 g/mol. The predicted molar refractivity (Wildman–Crippen MR) is 106 cm³/mol. The molecule has 0 bridgehead atoms. The Balaban J connectivity index is 1.52. The molecule has 2 aromatic rings. The van der Waals surface area contributed by atoms with Crippen molar-refractivity contribution >= 4 is 17.6 Å². The Labute approximate surface area is 165 Å². The molecule has 1 aliphatic heterocycles. The van der Waals surface area contributed by atoms with Gasteiger partial charge in [0.15, 0.2) is 0 Å². The van der Waals surface area contributed by atoms with Gasteiger partial charge in [0.25, 0.3) is 5.78 Å². The van der Waals surface area contributed by atoms with E-state index in [2.05, 4.69) is 28.9 Å². The minimum atomic E-state index is 0.131. The lowest BCUT2D eigenvalue weighted by molar-refractivity contribution is -0.139. The van der Waals surface area contributed by atoms with Gasteiger partial charge in [0.1, 0.15) is 6.33 Å². The quantitative estimate of drug-likeness (QED) is 0.756. The van der Waals surface area contributed by atoms with Gasteiger partial charge in [-0.2, -0.15) is 10.1 Å². The lowest BCUT2D eigenvalue weighted by Crippen LogP contribution is -2.50. The van der Waals surface area contributed by atoms with Gasteiger partial charge in [-0.1, -0.05) is 13.8 Å². The van der Waals surface area contributed by atoms with Gasteiger partial charge in [-0.3, -0.25) is 9.59 Å². The largest absolute Gasteiger partial charge is 0.339 e. The molecule has 1 aliphatic rings. The van der Waals surface area contributed by atoms with Gasteiger partial charge in [-0.25, -0.2) is 9.50 Å². The molecule has 0 radical (unpaired) electrons. The van der Waals surface area contributed by atoms with Crippen LogP contribution in [0.15, 0.2) is 6.33 Å². The molecule has 152 valence electrons. The van der Waals surface area contributed by atoms with Crippen LogP contribution in [0, 0.1) is 19.8 Å². The van der Waals surface area contributed by atoms with E-state index in [9.17, 15) is 9.59 Å². The Kier molecular flexibility index (Phi) is 6.26. The highest BCUT2D eigenvalue weighted by Crippen LogP contribution is 2.16. The molecule has 0 spiro atoms. The Morgan fingerprint density at radius 1 is 1.04 bits per heavy atom. The average Bonchev–Trinajstić information content (AvgIpc) is 3.14. The Bertz CT molecular complexity index is 852. The number of aryl methyl sites for hydroxylation is 2. The van der Waals surface area contributed by atoms with Crippen LogP contribution < -0.4 is 0 Å². The van der Waals surface area contributed by atoms with Crippen molar-refractivity contribution in [2.75, 3.05) is 26.2 Å².